The molecule has 0 aliphatic carbocycles. The SMILES string of the molecule is CN(C)CC(=O)OC(=O)C1=CCO1.NC(N)=Nc1ccc(C(=O)Oc2ccccc2)cc1. The van der Waals surface area contributed by atoms with Gasteiger partial charge in [-0.05, 0) is 50.5 Å². The molecule has 0 atom stereocenters. The maximum atomic E-state index is 11.8. The number of carbonyl (C=O) groups excluding carboxylic acids is 3. The molecule has 32 heavy (non-hydrogen) atoms. The number of rotatable bonds is 6. The number of hydrogen-bond acceptors (Lipinski definition) is 8. The van der Waals surface area contributed by atoms with Gasteiger partial charge in [0.2, 0.25) is 5.76 Å². The Bertz CT molecular complexity index is 997. The molecule has 3 rings (SSSR count). The Morgan fingerprint density at radius 3 is 2.12 bits per heavy atom. The van der Waals surface area contributed by atoms with E-state index in [0.29, 0.717) is 23.6 Å². The molecule has 1 aliphatic rings. The highest BCUT2D eigenvalue weighted by molar-refractivity contribution is 5.96. The Labute approximate surface area is 185 Å². The van der Waals surface area contributed by atoms with E-state index in [0.717, 1.165) is 0 Å². The van der Waals surface area contributed by atoms with Gasteiger partial charge in [0.25, 0.3) is 0 Å². The van der Waals surface area contributed by atoms with Crippen LogP contribution in [0, 0.1) is 0 Å². The second kappa shape index (κ2) is 11.9. The molecule has 0 radical (unpaired) electrons. The van der Waals surface area contributed by atoms with Gasteiger partial charge < -0.3 is 25.7 Å². The lowest BCUT2D eigenvalue weighted by Crippen LogP contribution is -2.28. The molecule has 0 unspecified atom stereocenters. The van der Waals surface area contributed by atoms with Crippen LogP contribution in [0.1, 0.15) is 10.4 Å². The Balaban J connectivity index is 0.000000244. The Hall–Kier alpha value is -4.18. The minimum absolute atomic E-state index is 0.0281. The van der Waals surface area contributed by atoms with Crippen LogP contribution >= 0.6 is 0 Å². The third kappa shape index (κ3) is 8.28. The highest BCUT2D eigenvalue weighted by Gasteiger charge is 2.21. The summed E-state index contributed by atoms with van der Waals surface area (Å²) in [6, 6.07) is 15.4. The van der Waals surface area contributed by atoms with Crippen LogP contribution in [0.4, 0.5) is 5.69 Å². The van der Waals surface area contributed by atoms with E-state index < -0.39 is 17.9 Å². The first-order chi connectivity index (χ1) is 15.2. The summed E-state index contributed by atoms with van der Waals surface area (Å²) in [7, 11) is 3.43. The van der Waals surface area contributed by atoms with Crippen molar-refractivity contribution in [2.45, 2.75) is 0 Å². The smallest absolute Gasteiger partial charge is 0.381 e. The summed E-state index contributed by atoms with van der Waals surface area (Å²) in [6.45, 7) is 0.491. The van der Waals surface area contributed by atoms with Crippen LogP contribution in [0.25, 0.3) is 0 Å². The van der Waals surface area contributed by atoms with Crippen molar-refractivity contribution in [3.05, 3.63) is 72.0 Å². The topological polar surface area (TPSA) is 147 Å². The van der Waals surface area contributed by atoms with Crippen LogP contribution < -0.4 is 16.2 Å². The van der Waals surface area contributed by atoms with Gasteiger partial charge in [-0.25, -0.2) is 14.6 Å². The number of aliphatic imine (C=N–C) groups is 1. The summed E-state index contributed by atoms with van der Waals surface area (Å²) in [4.78, 5) is 39.2. The molecule has 2 aromatic rings. The Kier molecular flexibility index (Phi) is 8.93. The molecule has 1 aliphatic heterocycles. The van der Waals surface area contributed by atoms with E-state index in [1.807, 2.05) is 6.07 Å². The minimum atomic E-state index is -0.710. The lowest BCUT2D eigenvalue weighted by atomic mass is 10.2. The van der Waals surface area contributed by atoms with E-state index in [-0.39, 0.29) is 18.3 Å². The van der Waals surface area contributed by atoms with Crippen molar-refractivity contribution < 1.29 is 28.6 Å². The molecular weight excluding hydrogens is 416 g/mol. The van der Waals surface area contributed by atoms with Crippen molar-refractivity contribution in [1.82, 2.24) is 4.90 Å². The number of hydrogen-bond donors (Lipinski definition) is 2. The van der Waals surface area contributed by atoms with Crippen LogP contribution in [-0.4, -0.2) is 56.0 Å². The number of nitrogens with zero attached hydrogens (tertiary/aromatic N) is 2. The van der Waals surface area contributed by atoms with E-state index in [4.69, 9.17) is 20.9 Å². The molecule has 0 spiro atoms. The first kappa shape index (κ1) is 24.1. The highest BCUT2D eigenvalue weighted by Crippen LogP contribution is 2.15. The van der Waals surface area contributed by atoms with Crippen LogP contribution in [0.3, 0.4) is 0 Å². The molecule has 0 fully saturated rings. The average Bonchev–Trinajstić information content (AvgIpc) is 2.67. The lowest BCUT2D eigenvalue weighted by Gasteiger charge is -2.14. The predicted molar refractivity (Wildman–Crippen MR) is 117 cm³/mol. The maximum Gasteiger partial charge on any atom is 0.381 e. The van der Waals surface area contributed by atoms with Crippen LogP contribution in [0.2, 0.25) is 0 Å². The highest BCUT2D eigenvalue weighted by atomic mass is 16.6. The molecule has 10 heteroatoms. The molecular formula is C22H24N4O6. The molecule has 0 bridgehead atoms. The zero-order valence-corrected chi connectivity index (χ0v) is 17.7. The van der Waals surface area contributed by atoms with Crippen molar-refractivity contribution in [1.29, 1.82) is 0 Å². The summed E-state index contributed by atoms with van der Waals surface area (Å²) in [5, 5.41) is 0. The minimum Gasteiger partial charge on any atom is -0.482 e. The standard InChI is InChI=1S/C14H13N3O2.C8H11NO4/c15-14(16)17-11-8-6-10(7-9-11)13(18)19-12-4-2-1-3-5-12;1-9(2)5-7(10)13-8(11)6-3-4-12-6/h1-9H,(H4,15,16,17);3H,4-5H2,1-2H3. The monoisotopic (exact) mass is 440 g/mol. The fourth-order valence-electron chi connectivity index (χ4n) is 2.23. The number of guanidine groups is 1. The van der Waals surface area contributed by atoms with Crippen molar-refractivity contribution in [2.75, 3.05) is 27.2 Å². The predicted octanol–water partition coefficient (Wildman–Crippen LogP) is 1.34. The molecule has 1 heterocycles. The quantitative estimate of drug-likeness (QED) is 0.223. The Morgan fingerprint density at radius 2 is 1.62 bits per heavy atom. The van der Waals surface area contributed by atoms with E-state index in [1.165, 1.54) is 0 Å². The van der Waals surface area contributed by atoms with Crippen molar-refractivity contribution in [2.24, 2.45) is 16.5 Å². The second-order valence-corrected chi connectivity index (χ2v) is 6.66. The number of esters is 3. The first-order valence-electron chi connectivity index (χ1n) is 9.44. The number of benzene rings is 2. The summed E-state index contributed by atoms with van der Waals surface area (Å²) >= 11 is 0. The summed E-state index contributed by atoms with van der Waals surface area (Å²) in [5.41, 5.74) is 11.5. The maximum absolute atomic E-state index is 11.8. The fourth-order valence-corrected chi connectivity index (χ4v) is 2.23. The van der Waals surface area contributed by atoms with Gasteiger partial charge in [0.05, 0.1) is 17.8 Å². The number of para-hydroxylation sites is 1. The largest absolute Gasteiger partial charge is 0.482 e. The Morgan fingerprint density at radius 1 is 1.00 bits per heavy atom. The zero-order chi connectivity index (χ0) is 23.5. The van der Waals surface area contributed by atoms with Crippen LogP contribution in [-0.2, 0) is 19.1 Å². The molecule has 0 amide bonds. The molecule has 0 aromatic heterocycles. The van der Waals surface area contributed by atoms with Crippen LogP contribution in [0.15, 0.2) is 71.4 Å². The van der Waals surface area contributed by atoms with Crippen molar-refractivity contribution in [3.8, 4) is 5.75 Å². The fraction of sp³-hybridized carbons (Fsp3) is 0.182. The van der Waals surface area contributed by atoms with Gasteiger partial charge in [-0.2, -0.15) is 0 Å². The summed E-state index contributed by atoms with van der Waals surface area (Å²) < 4.78 is 14.4. The average molecular weight is 440 g/mol. The third-order valence-corrected chi connectivity index (χ3v) is 3.68. The number of ether oxygens (including phenoxy) is 3. The van der Waals surface area contributed by atoms with Gasteiger partial charge in [0.1, 0.15) is 12.4 Å². The summed E-state index contributed by atoms with van der Waals surface area (Å²) in [6.07, 6.45) is 1.56. The van der Waals surface area contributed by atoms with Crippen LogP contribution in [0.5, 0.6) is 5.75 Å². The van der Waals surface area contributed by atoms with E-state index in [1.54, 1.807) is 73.6 Å². The number of nitrogens with two attached hydrogens (primary N) is 2. The molecule has 2 aromatic carbocycles. The van der Waals surface area contributed by atoms with E-state index >= 15 is 0 Å². The van der Waals surface area contributed by atoms with Gasteiger partial charge >= 0.3 is 17.9 Å². The third-order valence-electron chi connectivity index (χ3n) is 3.68. The molecule has 0 saturated carbocycles. The summed E-state index contributed by atoms with van der Waals surface area (Å²) in [5.74, 6) is -1.13. The zero-order valence-electron chi connectivity index (χ0n) is 17.7. The van der Waals surface area contributed by atoms with E-state index in [9.17, 15) is 14.4 Å². The number of carbonyl (C=O) groups is 3. The number of likely N-dealkylation sites (N-methyl/N-ethyl adjacent to an activating group) is 1. The lowest BCUT2D eigenvalue weighted by molar-refractivity contribution is -0.160. The molecule has 168 valence electrons. The van der Waals surface area contributed by atoms with Gasteiger partial charge in [-0.1, -0.05) is 18.2 Å². The normalized spacial score (nSPS) is 11.5. The molecule has 0 saturated heterocycles. The van der Waals surface area contributed by atoms with Gasteiger partial charge in [-0.15, -0.1) is 0 Å². The van der Waals surface area contributed by atoms with Gasteiger partial charge in [0, 0.05) is 6.08 Å². The second-order valence-electron chi connectivity index (χ2n) is 6.66. The van der Waals surface area contributed by atoms with Crippen molar-refractivity contribution >= 4 is 29.6 Å². The van der Waals surface area contributed by atoms with E-state index in [2.05, 4.69) is 9.73 Å². The van der Waals surface area contributed by atoms with Gasteiger partial charge in [0.15, 0.2) is 5.96 Å². The van der Waals surface area contributed by atoms with Gasteiger partial charge in [-0.3, -0.25) is 9.69 Å². The molecule has 4 N–H and O–H groups in total. The molecule has 10 nitrogen and oxygen atoms in total. The first-order valence-corrected chi connectivity index (χ1v) is 9.44. The van der Waals surface area contributed by atoms with Crippen molar-refractivity contribution in [3.63, 3.8) is 0 Å².